The molecule has 1 aromatic heterocycles. The lowest BCUT2D eigenvalue weighted by Gasteiger charge is -2.01. The first-order valence-electron chi connectivity index (χ1n) is 8.22. The number of thiazole rings is 1. The highest BCUT2D eigenvalue weighted by molar-refractivity contribution is 7.16. The number of ether oxygens (including phenoxy) is 2. The average molecular weight is 395 g/mol. The number of hydrogen-bond donors (Lipinski definition) is 0. The maximum Gasteiger partial charge on any atom is 0.269 e. The topological polar surface area (TPSA) is 96.0 Å². The minimum absolute atomic E-state index is 0.0259. The fraction of sp³-hybridized carbons (Fsp3) is 0.158. The molecular formula is C19H13N3O5S. The van der Waals surface area contributed by atoms with Crippen LogP contribution in [0.2, 0.25) is 0 Å². The third kappa shape index (κ3) is 3.33. The van der Waals surface area contributed by atoms with Crippen LogP contribution < -0.4 is 14.3 Å². The van der Waals surface area contributed by atoms with Crippen molar-refractivity contribution in [2.75, 3.05) is 6.79 Å². The van der Waals surface area contributed by atoms with E-state index in [-0.39, 0.29) is 31.4 Å². The summed E-state index contributed by atoms with van der Waals surface area (Å²) in [5.41, 5.74) is 1.43. The molecule has 2 aromatic carbocycles. The van der Waals surface area contributed by atoms with Crippen LogP contribution in [0.1, 0.15) is 5.56 Å². The predicted octanol–water partition coefficient (Wildman–Crippen LogP) is 2.64. The molecule has 0 bridgehead atoms. The zero-order valence-electron chi connectivity index (χ0n) is 14.5. The minimum atomic E-state index is -0.485. The van der Waals surface area contributed by atoms with Gasteiger partial charge in [0.05, 0.1) is 28.1 Å². The molecule has 1 amide bonds. The van der Waals surface area contributed by atoms with Crippen LogP contribution in [0.5, 0.6) is 11.5 Å². The number of nitro benzene ring substituents is 1. The summed E-state index contributed by atoms with van der Waals surface area (Å²) in [6, 6.07) is 9.49. The second-order valence-corrected chi connectivity index (χ2v) is 6.96. The molecule has 140 valence electrons. The van der Waals surface area contributed by atoms with Crippen molar-refractivity contribution in [1.29, 1.82) is 0 Å². The van der Waals surface area contributed by atoms with E-state index in [0.29, 0.717) is 21.9 Å². The van der Waals surface area contributed by atoms with Gasteiger partial charge in [-0.25, -0.2) is 0 Å². The summed E-state index contributed by atoms with van der Waals surface area (Å²) >= 11 is 1.33. The van der Waals surface area contributed by atoms with Crippen LogP contribution in [0.3, 0.4) is 0 Å². The van der Waals surface area contributed by atoms with E-state index >= 15 is 0 Å². The molecule has 1 aliphatic heterocycles. The molecule has 0 aliphatic carbocycles. The van der Waals surface area contributed by atoms with Crippen molar-refractivity contribution in [3.8, 4) is 23.8 Å². The molecule has 8 nitrogen and oxygen atoms in total. The second kappa shape index (κ2) is 7.17. The van der Waals surface area contributed by atoms with Crippen molar-refractivity contribution in [2.24, 2.45) is 4.99 Å². The van der Waals surface area contributed by atoms with Crippen molar-refractivity contribution >= 4 is 33.1 Å². The van der Waals surface area contributed by atoms with Crippen LogP contribution in [0.25, 0.3) is 10.2 Å². The lowest BCUT2D eigenvalue weighted by Crippen LogP contribution is -2.17. The van der Waals surface area contributed by atoms with Gasteiger partial charge in [0.25, 0.3) is 11.6 Å². The van der Waals surface area contributed by atoms with Gasteiger partial charge in [0.2, 0.25) is 6.79 Å². The van der Waals surface area contributed by atoms with Gasteiger partial charge in [0.1, 0.15) is 0 Å². The van der Waals surface area contributed by atoms with Gasteiger partial charge in [-0.15, -0.1) is 6.42 Å². The Balaban J connectivity index is 1.68. The number of carbonyl (C=O) groups is 1. The van der Waals surface area contributed by atoms with Crippen LogP contribution in [0, 0.1) is 22.5 Å². The number of non-ortho nitro benzene ring substituents is 1. The Morgan fingerprint density at radius 3 is 2.68 bits per heavy atom. The first-order chi connectivity index (χ1) is 13.5. The van der Waals surface area contributed by atoms with Gasteiger partial charge in [0.15, 0.2) is 16.3 Å². The quantitative estimate of drug-likeness (QED) is 0.384. The average Bonchev–Trinajstić information content (AvgIpc) is 3.25. The normalized spacial score (nSPS) is 12.9. The molecule has 9 heteroatoms. The third-order valence-electron chi connectivity index (χ3n) is 4.15. The van der Waals surface area contributed by atoms with Gasteiger partial charge in [-0.2, -0.15) is 4.99 Å². The molecule has 0 saturated heterocycles. The molecule has 0 spiro atoms. The van der Waals surface area contributed by atoms with Crippen LogP contribution in [0.4, 0.5) is 5.69 Å². The standard InChI is InChI=1S/C19H13N3O5S/c1-2-7-21-14-9-15-16(27-11-26-15)10-17(14)28-19(21)20-18(23)8-12-3-5-13(6-4-12)22(24)25/h1,3-6,9-10H,7-8,11H2. The van der Waals surface area contributed by atoms with Gasteiger partial charge in [-0.05, 0) is 5.56 Å². The zero-order chi connectivity index (χ0) is 19.7. The minimum Gasteiger partial charge on any atom is -0.454 e. The van der Waals surface area contributed by atoms with Crippen LogP contribution >= 0.6 is 11.3 Å². The molecule has 2 heterocycles. The number of aromatic nitrogens is 1. The summed E-state index contributed by atoms with van der Waals surface area (Å²) in [4.78, 5) is 27.3. The maximum absolute atomic E-state index is 12.4. The van der Waals surface area contributed by atoms with Gasteiger partial charge in [-0.3, -0.25) is 14.9 Å². The summed E-state index contributed by atoms with van der Waals surface area (Å²) in [5.74, 6) is 3.47. The summed E-state index contributed by atoms with van der Waals surface area (Å²) in [7, 11) is 0. The van der Waals surface area contributed by atoms with Gasteiger partial charge >= 0.3 is 0 Å². The highest BCUT2D eigenvalue weighted by Crippen LogP contribution is 2.36. The summed E-state index contributed by atoms with van der Waals surface area (Å²) in [6.07, 6.45) is 5.51. The zero-order valence-corrected chi connectivity index (χ0v) is 15.3. The number of rotatable bonds is 4. The SMILES string of the molecule is C#CCn1c(=NC(=O)Cc2ccc([N+](=O)[O-])cc2)sc2cc3c(cc21)OCO3. The maximum atomic E-state index is 12.4. The number of fused-ring (bicyclic) bond motifs is 2. The van der Waals surface area contributed by atoms with Crippen molar-refractivity contribution in [3.05, 3.63) is 56.9 Å². The van der Waals surface area contributed by atoms with E-state index in [2.05, 4.69) is 10.9 Å². The number of hydrogen-bond acceptors (Lipinski definition) is 6. The van der Waals surface area contributed by atoms with Crippen molar-refractivity contribution in [3.63, 3.8) is 0 Å². The van der Waals surface area contributed by atoms with Crippen LogP contribution in [-0.4, -0.2) is 22.2 Å². The Morgan fingerprint density at radius 2 is 2.00 bits per heavy atom. The second-order valence-electron chi connectivity index (χ2n) is 5.95. The van der Waals surface area contributed by atoms with Crippen molar-refractivity contribution in [1.82, 2.24) is 4.57 Å². The van der Waals surface area contributed by atoms with Crippen molar-refractivity contribution in [2.45, 2.75) is 13.0 Å². The van der Waals surface area contributed by atoms with E-state index in [1.807, 2.05) is 12.1 Å². The predicted molar refractivity (Wildman–Crippen MR) is 102 cm³/mol. The Kier molecular flexibility index (Phi) is 4.55. The number of nitrogens with zero attached hydrogens (tertiary/aromatic N) is 3. The largest absolute Gasteiger partial charge is 0.454 e. The third-order valence-corrected chi connectivity index (χ3v) is 5.19. The Morgan fingerprint density at radius 1 is 1.29 bits per heavy atom. The molecule has 0 unspecified atom stereocenters. The van der Waals surface area contributed by atoms with E-state index < -0.39 is 4.92 Å². The first-order valence-corrected chi connectivity index (χ1v) is 9.04. The molecule has 0 fully saturated rings. The molecule has 0 N–H and O–H groups in total. The summed E-state index contributed by atoms with van der Waals surface area (Å²) < 4.78 is 13.4. The van der Waals surface area contributed by atoms with Crippen molar-refractivity contribution < 1.29 is 19.2 Å². The monoisotopic (exact) mass is 395 g/mol. The first kappa shape index (κ1) is 17.8. The van der Waals surface area contributed by atoms with Gasteiger partial charge in [0, 0.05) is 24.3 Å². The molecule has 0 saturated carbocycles. The van der Waals surface area contributed by atoms with Crippen LogP contribution in [-0.2, 0) is 17.8 Å². The number of amides is 1. The molecule has 0 radical (unpaired) electrons. The Bertz CT molecular complexity index is 1200. The lowest BCUT2D eigenvalue weighted by atomic mass is 10.1. The lowest BCUT2D eigenvalue weighted by molar-refractivity contribution is -0.384. The number of nitro groups is 1. The highest BCUT2D eigenvalue weighted by atomic mass is 32.1. The fourth-order valence-electron chi connectivity index (χ4n) is 2.85. The molecule has 3 aromatic rings. The van der Waals surface area contributed by atoms with Gasteiger partial charge in [-0.1, -0.05) is 29.4 Å². The molecular weight excluding hydrogens is 382 g/mol. The Labute approximate surface area is 162 Å². The Hall–Kier alpha value is -3.64. The molecule has 0 atom stereocenters. The summed E-state index contributed by atoms with van der Waals surface area (Å²) in [5, 5.41) is 10.7. The highest BCUT2D eigenvalue weighted by Gasteiger charge is 2.18. The molecule has 1 aliphatic rings. The van der Waals surface area contributed by atoms with E-state index in [9.17, 15) is 14.9 Å². The van der Waals surface area contributed by atoms with Crippen LogP contribution in [0.15, 0.2) is 41.4 Å². The number of benzene rings is 2. The number of carbonyl (C=O) groups excluding carboxylic acids is 1. The van der Waals surface area contributed by atoms with E-state index in [4.69, 9.17) is 15.9 Å². The smallest absolute Gasteiger partial charge is 0.269 e. The number of terminal acetylenes is 1. The van der Waals surface area contributed by atoms with E-state index in [0.717, 1.165) is 10.2 Å². The van der Waals surface area contributed by atoms with E-state index in [1.165, 1.54) is 23.5 Å². The van der Waals surface area contributed by atoms with E-state index in [1.54, 1.807) is 16.7 Å². The molecule has 4 rings (SSSR count). The van der Waals surface area contributed by atoms with Gasteiger partial charge < -0.3 is 14.0 Å². The fourth-order valence-corrected chi connectivity index (χ4v) is 3.90. The molecule has 28 heavy (non-hydrogen) atoms. The summed E-state index contributed by atoms with van der Waals surface area (Å²) in [6.45, 7) is 0.427.